The highest BCUT2D eigenvalue weighted by Crippen LogP contribution is 2.21. The van der Waals surface area contributed by atoms with Gasteiger partial charge in [-0.05, 0) is 50.3 Å². The Morgan fingerprint density at radius 2 is 1.98 bits per heavy atom. The van der Waals surface area contributed by atoms with Gasteiger partial charge in [0, 0.05) is 25.4 Å². The third-order valence-electron chi connectivity index (χ3n) is 6.30. The van der Waals surface area contributed by atoms with Gasteiger partial charge in [-0.25, -0.2) is 19.2 Å². The lowest BCUT2D eigenvalue weighted by Crippen LogP contribution is -2.44. The highest BCUT2D eigenvalue weighted by molar-refractivity contribution is 5.96. The number of ether oxygens (including phenoxy) is 1. The van der Waals surface area contributed by atoms with Gasteiger partial charge < -0.3 is 29.8 Å². The van der Waals surface area contributed by atoms with Crippen LogP contribution in [0.15, 0.2) is 35.3 Å². The molecule has 220 valence electrons. The number of carbonyl (C=O) groups is 3. The van der Waals surface area contributed by atoms with Crippen molar-refractivity contribution in [1.82, 2.24) is 29.7 Å². The molecule has 0 bridgehead atoms. The summed E-state index contributed by atoms with van der Waals surface area (Å²) < 4.78 is 20.5. The number of aryl methyl sites for hydroxylation is 1. The number of nitrogens with zero attached hydrogens (tertiary/aromatic N) is 4. The number of methoxy groups -OCH3 is 1. The molecule has 0 aliphatic rings. The van der Waals surface area contributed by atoms with E-state index in [0.717, 1.165) is 6.20 Å². The van der Waals surface area contributed by atoms with Crippen LogP contribution in [0, 0.1) is 18.7 Å². The van der Waals surface area contributed by atoms with Crippen molar-refractivity contribution in [3.05, 3.63) is 63.7 Å². The van der Waals surface area contributed by atoms with Crippen LogP contribution in [0.25, 0.3) is 11.2 Å². The zero-order valence-corrected chi connectivity index (χ0v) is 24.1. The van der Waals surface area contributed by atoms with Crippen molar-refractivity contribution in [2.75, 3.05) is 26.5 Å². The van der Waals surface area contributed by atoms with Gasteiger partial charge in [-0.3, -0.25) is 14.4 Å². The Morgan fingerprint density at radius 3 is 2.63 bits per heavy atom. The molecule has 0 radical (unpaired) electrons. The average Bonchev–Trinajstić information content (AvgIpc) is 3.34. The molecule has 0 unspecified atom stereocenters. The third kappa shape index (κ3) is 7.99. The molecule has 3 N–H and O–H groups in total. The van der Waals surface area contributed by atoms with Crippen LogP contribution in [0.5, 0.6) is 0 Å². The Bertz CT molecular complexity index is 1510. The number of aromatic amines is 1. The molecule has 0 fully saturated rings. The van der Waals surface area contributed by atoms with Crippen LogP contribution in [0.1, 0.15) is 43.8 Å². The maximum Gasteiger partial charge on any atom is 0.407 e. The second-order valence-corrected chi connectivity index (χ2v) is 10.2. The van der Waals surface area contributed by atoms with Gasteiger partial charge in [0.25, 0.3) is 5.56 Å². The van der Waals surface area contributed by atoms with Crippen LogP contribution < -0.4 is 16.2 Å². The molecule has 0 saturated carbocycles. The van der Waals surface area contributed by atoms with E-state index >= 15 is 0 Å². The number of carbonyl (C=O) groups excluding carboxylic acids is 3. The van der Waals surface area contributed by atoms with Crippen LogP contribution in [0.3, 0.4) is 0 Å². The number of anilines is 1. The van der Waals surface area contributed by atoms with Gasteiger partial charge >= 0.3 is 6.09 Å². The maximum absolute atomic E-state index is 14.5. The Hall–Kier alpha value is -4.55. The number of pyridine rings is 2. The van der Waals surface area contributed by atoms with Gasteiger partial charge in [0.05, 0.1) is 19.9 Å². The van der Waals surface area contributed by atoms with E-state index in [1.807, 2.05) is 13.8 Å². The van der Waals surface area contributed by atoms with Crippen molar-refractivity contribution in [2.45, 2.75) is 52.6 Å². The van der Waals surface area contributed by atoms with Gasteiger partial charge in [-0.15, -0.1) is 0 Å². The molecule has 3 aromatic heterocycles. The SMILES string of the molecule is COC(=O)N[C@@H](CC/C=C/C(=O)N(C)C)C(=O)Nc1ccc(C)n(Cc2nc3c(CC(C)C)c(F)cnc3[nH]2)c1=O. The molecule has 12 nitrogen and oxygen atoms in total. The number of rotatable bonds is 11. The van der Waals surface area contributed by atoms with Crippen molar-refractivity contribution in [3.8, 4) is 0 Å². The second kappa shape index (κ2) is 13.7. The fraction of sp³-hybridized carbons (Fsp3) is 0.429. The fourth-order valence-electron chi connectivity index (χ4n) is 4.10. The molecule has 0 saturated heterocycles. The predicted octanol–water partition coefficient (Wildman–Crippen LogP) is 2.90. The molecule has 13 heteroatoms. The Labute approximate surface area is 237 Å². The summed E-state index contributed by atoms with van der Waals surface area (Å²) in [5.74, 6) is -0.668. The molecule has 3 heterocycles. The van der Waals surface area contributed by atoms with Crippen molar-refractivity contribution in [1.29, 1.82) is 0 Å². The summed E-state index contributed by atoms with van der Waals surface area (Å²) >= 11 is 0. The van der Waals surface area contributed by atoms with Crippen LogP contribution in [0.4, 0.5) is 14.9 Å². The van der Waals surface area contributed by atoms with Gasteiger partial charge in [0.1, 0.15) is 28.9 Å². The number of hydrogen-bond acceptors (Lipinski definition) is 7. The van der Waals surface area contributed by atoms with E-state index in [0.29, 0.717) is 41.1 Å². The summed E-state index contributed by atoms with van der Waals surface area (Å²) in [6.07, 6.45) is 4.26. The minimum Gasteiger partial charge on any atom is -0.453 e. The van der Waals surface area contributed by atoms with Gasteiger partial charge in [-0.1, -0.05) is 19.9 Å². The standard InChI is InChI=1S/C28H36FN7O5/c1-16(2)13-18-19(29)14-30-25-24(18)33-22(34-25)15-36-17(3)11-12-21(27(36)39)31-26(38)20(32-28(40)41-6)9-7-8-10-23(37)35(4)5/h8,10-12,14,16,20H,7,9,13,15H2,1-6H3,(H,31,38)(H,32,40)(H,30,33,34)/b10-8+/t20-/m0/s1. The molecule has 0 aliphatic heterocycles. The molecule has 3 aromatic rings. The zero-order valence-electron chi connectivity index (χ0n) is 24.1. The van der Waals surface area contributed by atoms with E-state index in [1.165, 1.54) is 28.7 Å². The summed E-state index contributed by atoms with van der Waals surface area (Å²) in [7, 11) is 4.41. The van der Waals surface area contributed by atoms with Crippen LogP contribution in [0.2, 0.25) is 0 Å². The van der Waals surface area contributed by atoms with E-state index < -0.39 is 29.4 Å². The monoisotopic (exact) mass is 569 g/mol. The first-order valence-corrected chi connectivity index (χ1v) is 13.2. The van der Waals surface area contributed by atoms with E-state index in [1.54, 1.807) is 33.2 Å². The smallest absolute Gasteiger partial charge is 0.407 e. The Kier molecular flexibility index (Phi) is 10.3. The Balaban J connectivity index is 1.83. The molecular formula is C28H36FN7O5. The largest absolute Gasteiger partial charge is 0.453 e. The fourth-order valence-corrected chi connectivity index (χ4v) is 4.10. The van der Waals surface area contributed by atoms with Crippen molar-refractivity contribution >= 4 is 34.8 Å². The number of likely N-dealkylation sites (N-methyl/N-ethyl adjacent to an activating group) is 1. The number of allylic oxidation sites excluding steroid dienone is 1. The summed E-state index contributed by atoms with van der Waals surface area (Å²) in [4.78, 5) is 63.2. The van der Waals surface area contributed by atoms with E-state index in [2.05, 4.69) is 30.3 Å². The van der Waals surface area contributed by atoms with Gasteiger partial charge in [0.15, 0.2) is 5.65 Å². The zero-order chi connectivity index (χ0) is 30.3. The summed E-state index contributed by atoms with van der Waals surface area (Å²) in [6.45, 7) is 5.73. The summed E-state index contributed by atoms with van der Waals surface area (Å²) in [5, 5.41) is 5.05. The van der Waals surface area contributed by atoms with E-state index in [9.17, 15) is 23.6 Å². The number of hydrogen-bond donors (Lipinski definition) is 3. The highest BCUT2D eigenvalue weighted by Gasteiger charge is 2.22. The van der Waals surface area contributed by atoms with Gasteiger partial charge in [0.2, 0.25) is 11.8 Å². The molecule has 1 atom stereocenters. The summed E-state index contributed by atoms with van der Waals surface area (Å²) in [6, 6.07) is 2.11. The number of aromatic nitrogens is 4. The molecule has 0 aromatic carbocycles. The predicted molar refractivity (Wildman–Crippen MR) is 152 cm³/mol. The van der Waals surface area contributed by atoms with Crippen molar-refractivity contribution in [3.63, 3.8) is 0 Å². The first-order valence-electron chi connectivity index (χ1n) is 13.2. The first kappa shape index (κ1) is 31.0. The normalized spacial score (nSPS) is 12.1. The van der Waals surface area contributed by atoms with Crippen molar-refractivity contribution in [2.24, 2.45) is 5.92 Å². The number of amides is 3. The number of alkyl carbamates (subject to hydrolysis) is 1. The first-order chi connectivity index (χ1) is 19.4. The maximum atomic E-state index is 14.5. The molecule has 0 spiro atoms. The van der Waals surface area contributed by atoms with Crippen LogP contribution in [-0.2, 0) is 27.3 Å². The molecule has 41 heavy (non-hydrogen) atoms. The number of nitrogens with one attached hydrogen (secondary N) is 3. The average molecular weight is 570 g/mol. The van der Waals surface area contributed by atoms with Gasteiger partial charge in [-0.2, -0.15) is 0 Å². The summed E-state index contributed by atoms with van der Waals surface area (Å²) in [5.41, 5.74) is 1.41. The number of fused-ring (bicyclic) bond motifs is 1. The molecular weight excluding hydrogens is 533 g/mol. The minimum absolute atomic E-state index is 0.00336. The number of H-pyrrole nitrogens is 1. The topological polar surface area (TPSA) is 151 Å². The lowest BCUT2D eigenvalue weighted by Gasteiger charge is -2.18. The van der Waals surface area contributed by atoms with E-state index in [4.69, 9.17) is 0 Å². The molecule has 0 aliphatic carbocycles. The second-order valence-electron chi connectivity index (χ2n) is 10.2. The molecule has 3 rings (SSSR count). The lowest BCUT2D eigenvalue weighted by molar-refractivity contribution is -0.123. The van der Waals surface area contributed by atoms with E-state index in [-0.39, 0.29) is 30.5 Å². The lowest BCUT2D eigenvalue weighted by atomic mass is 10.0. The Morgan fingerprint density at radius 1 is 1.24 bits per heavy atom. The third-order valence-corrected chi connectivity index (χ3v) is 6.30. The minimum atomic E-state index is -1.04. The highest BCUT2D eigenvalue weighted by atomic mass is 19.1. The van der Waals surface area contributed by atoms with Crippen LogP contribution >= 0.6 is 0 Å². The molecule has 3 amide bonds. The van der Waals surface area contributed by atoms with Crippen LogP contribution in [-0.4, -0.2) is 69.6 Å². The van der Waals surface area contributed by atoms with Crippen molar-refractivity contribution < 1.29 is 23.5 Å². The number of halogens is 1. The number of imidazole rings is 1. The quantitative estimate of drug-likeness (QED) is 0.300.